The molecule has 2 fully saturated rings. The fourth-order valence-corrected chi connectivity index (χ4v) is 4.77. The van der Waals surface area contributed by atoms with E-state index in [0.29, 0.717) is 13.1 Å². The maximum absolute atomic E-state index is 13.4. The number of rotatable bonds is 6. The van der Waals surface area contributed by atoms with E-state index in [2.05, 4.69) is 5.32 Å². The van der Waals surface area contributed by atoms with Crippen molar-refractivity contribution in [1.29, 1.82) is 5.26 Å². The first-order chi connectivity index (χ1) is 11.3. The lowest BCUT2D eigenvalue weighted by molar-refractivity contribution is -0.130. The Hall–Kier alpha value is -1.24. The zero-order valence-electron chi connectivity index (χ0n) is 14.1. The molecule has 2 aliphatic heterocycles. The van der Waals surface area contributed by atoms with Gasteiger partial charge in [0.15, 0.2) is 0 Å². The Morgan fingerprint density at radius 1 is 1.46 bits per heavy atom. The maximum atomic E-state index is 13.4. The summed E-state index contributed by atoms with van der Waals surface area (Å²) in [6.45, 7) is 4.14. The molecule has 2 heterocycles. The van der Waals surface area contributed by atoms with E-state index < -0.39 is 27.5 Å². The number of likely N-dealkylation sites (tertiary alicyclic amines) is 1. The van der Waals surface area contributed by atoms with E-state index in [4.69, 9.17) is 5.26 Å². The summed E-state index contributed by atoms with van der Waals surface area (Å²) in [4.78, 5) is 13.4. The SMILES string of the molecule is CC(C)S(=O)(=O)N1CCCC1CNCC(=O)N1C[C@@H](F)C[C@H]1C#N. The zero-order valence-corrected chi connectivity index (χ0v) is 14.9. The van der Waals surface area contributed by atoms with Gasteiger partial charge in [0, 0.05) is 25.6 Å². The molecular formula is C15H25FN4O3S. The molecule has 136 valence electrons. The lowest BCUT2D eigenvalue weighted by Gasteiger charge is -2.26. The molecule has 0 aromatic carbocycles. The highest BCUT2D eigenvalue weighted by molar-refractivity contribution is 7.89. The van der Waals surface area contributed by atoms with Gasteiger partial charge in [0.1, 0.15) is 12.2 Å². The van der Waals surface area contributed by atoms with E-state index in [-0.39, 0.29) is 31.5 Å². The lowest BCUT2D eigenvalue weighted by Crippen LogP contribution is -2.47. The summed E-state index contributed by atoms with van der Waals surface area (Å²) < 4.78 is 39.5. The Morgan fingerprint density at radius 2 is 2.17 bits per heavy atom. The standard InChI is InChI=1S/C15H25FN4O3S/c1-11(2)24(22,23)20-5-3-4-13(20)8-18-9-15(21)19-10-12(16)6-14(19)7-17/h11-14,18H,3-6,8-10H2,1-2H3/t12-,13?,14-/m0/s1. The molecule has 24 heavy (non-hydrogen) atoms. The number of hydrogen-bond acceptors (Lipinski definition) is 5. The highest BCUT2D eigenvalue weighted by atomic mass is 32.2. The van der Waals surface area contributed by atoms with Crippen LogP contribution in [0.2, 0.25) is 0 Å². The predicted octanol–water partition coefficient (Wildman–Crippen LogP) is 0.241. The molecule has 0 radical (unpaired) electrons. The highest BCUT2D eigenvalue weighted by Gasteiger charge is 2.37. The van der Waals surface area contributed by atoms with E-state index in [0.717, 1.165) is 12.8 Å². The third kappa shape index (κ3) is 4.05. The number of halogens is 1. The summed E-state index contributed by atoms with van der Waals surface area (Å²) in [7, 11) is -3.31. The van der Waals surface area contributed by atoms with Crippen molar-refractivity contribution in [3.8, 4) is 6.07 Å². The number of nitrogens with one attached hydrogen (secondary N) is 1. The number of alkyl halides is 1. The second-order valence-electron chi connectivity index (χ2n) is 6.66. The largest absolute Gasteiger partial charge is 0.323 e. The molecule has 0 spiro atoms. The number of carbonyl (C=O) groups is 1. The van der Waals surface area contributed by atoms with Gasteiger partial charge in [0.05, 0.1) is 24.4 Å². The molecular weight excluding hydrogens is 335 g/mol. The van der Waals surface area contributed by atoms with Crippen molar-refractivity contribution < 1.29 is 17.6 Å². The van der Waals surface area contributed by atoms with Crippen LogP contribution in [0, 0.1) is 11.3 Å². The molecule has 2 aliphatic rings. The Kier molecular flexibility index (Phi) is 6.17. The van der Waals surface area contributed by atoms with E-state index in [1.165, 1.54) is 9.21 Å². The van der Waals surface area contributed by atoms with E-state index in [1.807, 2.05) is 6.07 Å². The maximum Gasteiger partial charge on any atom is 0.237 e. The van der Waals surface area contributed by atoms with Crippen molar-refractivity contribution >= 4 is 15.9 Å². The monoisotopic (exact) mass is 360 g/mol. The van der Waals surface area contributed by atoms with Gasteiger partial charge in [0.25, 0.3) is 0 Å². The third-order valence-electron chi connectivity index (χ3n) is 4.62. The summed E-state index contributed by atoms with van der Waals surface area (Å²) in [6.07, 6.45) is 0.466. The highest BCUT2D eigenvalue weighted by Crippen LogP contribution is 2.23. The van der Waals surface area contributed by atoms with Crippen LogP contribution in [-0.4, -0.2) is 73.2 Å². The summed E-state index contributed by atoms with van der Waals surface area (Å²) >= 11 is 0. The van der Waals surface area contributed by atoms with E-state index >= 15 is 0 Å². The molecule has 0 bridgehead atoms. The Labute approximate surface area is 142 Å². The molecule has 0 aromatic heterocycles. The first kappa shape index (κ1) is 19.1. The number of hydrogen-bond donors (Lipinski definition) is 1. The molecule has 2 saturated heterocycles. The molecule has 1 unspecified atom stereocenters. The van der Waals surface area contributed by atoms with Crippen molar-refractivity contribution in [3.63, 3.8) is 0 Å². The number of nitriles is 1. The third-order valence-corrected chi connectivity index (χ3v) is 6.95. The van der Waals surface area contributed by atoms with Gasteiger partial charge >= 0.3 is 0 Å². The van der Waals surface area contributed by atoms with Gasteiger partial charge in [-0.25, -0.2) is 12.8 Å². The van der Waals surface area contributed by atoms with Gasteiger partial charge in [-0.1, -0.05) is 0 Å². The van der Waals surface area contributed by atoms with Crippen LogP contribution in [-0.2, 0) is 14.8 Å². The second-order valence-corrected chi connectivity index (χ2v) is 9.10. The van der Waals surface area contributed by atoms with E-state index in [1.54, 1.807) is 13.8 Å². The van der Waals surface area contributed by atoms with Crippen LogP contribution in [0.15, 0.2) is 0 Å². The lowest BCUT2D eigenvalue weighted by atomic mass is 10.2. The normalized spacial score (nSPS) is 28.5. The van der Waals surface area contributed by atoms with Crippen LogP contribution in [0.1, 0.15) is 33.1 Å². The van der Waals surface area contributed by atoms with Gasteiger partial charge in [-0.2, -0.15) is 9.57 Å². The summed E-state index contributed by atoms with van der Waals surface area (Å²) in [5, 5.41) is 11.5. The minimum Gasteiger partial charge on any atom is -0.323 e. The first-order valence-corrected chi connectivity index (χ1v) is 9.82. The molecule has 2 rings (SSSR count). The molecule has 3 atom stereocenters. The molecule has 0 aromatic rings. The number of nitrogens with zero attached hydrogens (tertiary/aromatic N) is 3. The van der Waals surface area contributed by atoms with Crippen LogP contribution in [0.4, 0.5) is 4.39 Å². The molecule has 1 N–H and O–H groups in total. The van der Waals surface area contributed by atoms with Gasteiger partial charge in [-0.05, 0) is 26.7 Å². The average molecular weight is 360 g/mol. The van der Waals surface area contributed by atoms with Crippen LogP contribution in [0.25, 0.3) is 0 Å². The first-order valence-electron chi connectivity index (χ1n) is 8.32. The minimum atomic E-state index is -3.31. The zero-order chi connectivity index (χ0) is 17.9. The van der Waals surface area contributed by atoms with Gasteiger partial charge in [-0.15, -0.1) is 0 Å². The molecule has 7 nitrogen and oxygen atoms in total. The van der Waals surface area contributed by atoms with Crippen LogP contribution < -0.4 is 5.32 Å². The average Bonchev–Trinajstić information content (AvgIpc) is 3.13. The van der Waals surface area contributed by atoms with Crippen molar-refractivity contribution in [2.45, 2.75) is 56.6 Å². The molecule has 0 saturated carbocycles. The second kappa shape index (κ2) is 7.76. The molecule has 1 amide bonds. The fourth-order valence-electron chi connectivity index (χ4n) is 3.25. The Bertz CT molecular complexity index is 604. The van der Waals surface area contributed by atoms with Crippen molar-refractivity contribution in [2.75, 3.05) is 26.2 Å². The number of carbonyl (C=O) groups excluding carboxylic acids is 1. The minimum absolute atomic E-state index is 0.0169. The number of amides is 1. The Morgan fingerprint density at radius 3 is 2.79 bits per heavy atom. The van der Waals surface area contributed by atoms with Crippen LogP contribution in [0.5, 0.6) is 0 Å². The smallest absolute Gasteiger partial charge is 0.237 e. The topological polar surface area (TPSA) is 93.5 Å². The van der Waals surface area contributed by atoms with E-state index in [9.17, 15) is 17.6 Å². The van der Waals surface area contributed by atoms with Gasteiger partial charge in [0.2, 0.25) is 15.9 Å². The van der Waals surface area contributed by atoms with Crippen LogP contribution in [0.3, 0.4) is 0 Å². The van der Waals surface area contributed by atoms with Gasteiger partial charge in [-0.3, -0.25) is 4.79 Å². The molecule has 0 aliphatic carbocycles. The summed E-state index contributed by atoms with van der Waals surface area (Å²) in [5.41, 5.74) is 0. The summed E-state index contributed by atoms with van der Waals surface area (Å²) in [5.74, 6) is -0.321. The number of sulfonamides is 1. The van der Waals surface area contributed by atoms with Crippen LogP contribution >= 0.6 is 0 Å². The Balaban J connectivity index is 1.85. The van der Waals surface area contributed by atoms with Crippen molar-refractivity contribution in [2.24, 2.45) is 0 Å². The van der Waals surface area contributed by atoms with Gasteiger partial charge < -0.3 is 10.2 Å². The molecule has 9 heteroatoms. The van der Waals surface area contributed by atoms with Crippen molar-refractivity contribution in [3.05, 3.63) is 0 Å². The van der Waals surface area contributed by atoms with Crippen molar-refractivity contribution in [1.82, 2.24) is 14.5 Å². The quantitative estimate of drug-likeness (QED) is 0.732. The predicted molar refractivity (Wildman–Crippen MR) is 87.3 cm³/mol. The summed E-state index contributed by atoms with van der Waals surface area (Å²) in [6, 6.07) is 1.07. The fraction of sp³-hybridized carbons (Fsp3) is 0.867.